The van der Waals surface area contributed by atoms with Crippen LogP contribution in [0.3, 0.4) is 0 Å². The van der Waals surface area contributed by atoms with Crippen molar-refractivity contribution in [1.82, 2.24) is 20.4 Å². The van der Waals surface area contributed by atoms with Crippen LogP contribution in [-0.4, -0.2) is 34.3 Å². The largest absolute Gasteiger partial charge is 0.350 e. The van der Waals surface area contributed by atoms with E-state index in [0.717, 1.165) is 31.2 Å². The van der Waals surface area contributed by atoms with Crippen molar-refractivity contribution < 1.29 is 4.79 Å². The molecular formula is C20H28N4O. The molecule has 1 amide bonds. The van der Waals surface area contributed by atoms with Crippen molar-refractivity contribution in [2.75, 3.05) is 6.54 Å². The number of nitrogens with one attached hydrogen (secondary N) is 2. The molecule has 1 heterocycles. The van der Waals surface area contributed by atoms with Gasteiger partial charge in [0.05, 0.1) is 0 Å². The standard InChI is InChI=1S/C20H28N4O/c1-14(2)22-16-9-10-18-17(13-16)19(23-24(18)3)20(25)21-12-11-15-7-5-4-6-8-15/h4-8,14,16,22H,9-13H2,1-3H3,(H,21,25)/t16-/m1/s1. The van der Waals surface area contributed by atoms with Crippen LogP contribution >= 0.6 is 0 Å². The Labute approximate surface area is 149 Å². The number of nitrogens with zero attached hydrogens (tertiary/aromatic N) is 2. The highest BCUT2D eigenvalue weighted by Gasteiger charge is 2.28. The Bertz CT molecular complexity index is 721. The third-order valence-electron chi connectivity index (χ3n) is 4.78. The van der Waals surface area contributed by atoms with Crippen molar-refractivity contribution in [2.24, 2.45) is 7.05 Å². The molecule has 3 rings (SSSR count). The van der Waals surface area contributed by atoms with Gasteiger partial charge in [-0.25, -0.2) is 0 Å². The highest BCUT2D eigenvalue weighted by Crippen LogP contribution is 2.24. The van der Waals surface area contributed by atoms with E-state index in [0.29, 0.717) is 24.3 Å². The smallest absolute Gasteiger partial charge is 0.272 e. The van der Waals surface area contributed by atoms with Gasteiger partial charge in [-0.3, -0.25) is 9.48 Å². The summed E-state index contributed by atoms with van der Waals surface area (Å²) in [5.74, 6) is -0.0574. The van der Waals surface area contributed by atoms with Crippen molar-refractivity contribution in [3.05, 3.63) is 52.8 Å². The van der Waals surface area contributed by atoms with Gasteiger partial charge in [0, 0.05) is 36.9 Å². The zero-order valence-corrected chi connectivity index (χ0v) is 15.4. The van der Waals surface area contributed by atoms with Gasteiger partial charge in [-0.15, -0.1) is 0 Å². The monoisotopic (exact) mass is 340 g/mol. The van der Waals surface area contributed by atoms with Crippen LogP contribution in [0.15, 0.2) is 30.3 Å². The number of rotatable bonds is 6. The van der Waals surface area contributed by atoms with Gasteiger partial charge in [-0.2, -0.15) is 5.10 Å². The molecule has 2 N–H and O–H groups in total. The molecule has 1 aromatic heterocycles. The highest BCUT2D eigenvalue weighted by atomic mass is 16.1. The van der Waals surface area contributed by atoms with E-state index in [1.165, 1.54) is 11.3 Å². The fourth-order valence-corrected chi connectivity index (χ4v) is 3.63. The molecule has 0 radical (unpaired) electrons. The Hall–Kier alpha value is -2.14. The van der Waals surface area contributed by atoms with E-state index >= 15 is 0 Å². The predicted molar refractivity (Wildman–Crippen MR) is 99.8 cm³/mol. The summed E-state index contributed by atoms with van der Waals surface area (Å²) >= 11 is 0. The minimum atomic E-state index is -0.0574. The van der Waals surface area contributed by atoms with Gasteiger partial charge in [0.15, 0.2) is 5.69 Å². The van der Waals surface area contributed by atoms with Crippen LogP contribution in [0.1, 0.15) is 47.6 Å². The number of carbonyl (C=O) groups is 1. The lowest BCUT2D eigenvalue weighted by atomic mass is 9.91. The Morgan fingerprint density at radius 2 is 2.08 bits per heavy atom. The molecule has 25 heavy (non-hydrogen) atoms. The zero-order chi connectivity index (χ0) is 17.8. The topological polar surface area (TPSA) is 59.0 Å². The first-order chi connectivity index (χ1) is 12.0. The first-order valence-corrected chi connectivity index (χ1v) is 9.17. The van der Waals surface area contributed by atoms with Gasteiger partial charge in [0.2, 0.25) is 0 Å². The Morgan fingerprint density at radius 1 is 1.32 bits per heavy atom. The number of benzene rings is 1. The summed E-state index contributed by atoms with van der Waals surface area (Å²) in [6.07, 6.45) is 3.78. The van der Waals surface area contributed by atoms with Gasteiger partial charge >= 0.3 is 0 Å². The molecule has 0 spiro atoms. The Balaban J connectivity index is 1.65. The molecule has 0 bridgehead atoms. The van der Waals surface area contributed by atoms with Crippen molar-refractivity contribution in [3.8, 4) is 0 Å². The molecule has 2 aromatic rings. The van der Waals surface area contributed by atoms with E-state index in [1.54, 1.807) is 0 Å². The number of fused-ring (bicyclic) bond motifs is 1. The van der Waals surface area contributed by atoms with Gasteiger partial charge in [0.25, 0.3) is 5.91 Å². The summed E-state index contributed by atoms with van der Waals surface area (Å²) in [6.45, 7) is 4.95. The first kappa shape index (κ1) is 17.7. The molecule has 0 unspecified atom stereocenters. The van der Waals surface area contributed by atoms with Crippen LogP contribution in [0.5, 0.6) is 0 Å². The molecule has 1 atom stereocenters. The Kier molecular flexibility index (Phi) is 5.53. The van der Waals surface area contributed by atoms with Crippen molar-refractivity contribution in [3.63, 3.8) is 0 Å². The van der Waals surface area contributed by atoms with Crippen molar-refractivity contribution >= 4 is 5.91 Å². The van der Waals surface area contributed by atoms with Gasteiger partial charge < -0.3 is 10.6 Å². The molecule has 1 aromatic carbocycles. The summed E-state index contributed by atoms with van der Waals surface area (Å²) in [6, 6.07) is 11.1. The van der Waals surface area contributed by atoms with Crippen molar-refractivity contribution in [1.29, 1.82) is 0 Å². The van der Waals surface area contributed by atoms with E-state index in [2.05, 4.69) is 41.7 Å². The highest BCUT2D eigenvalue weighted by molar-refractivity contribution is 5.94. The van der Waals surface area contributed by atoms with Crippen molar-refractivity contribution in [2.45, 2.75) is 51.6 Å². The minimum absolute atomic E-state index is 0.0574. The van der Waals surface area contributed by atoms with Gasteiger partial charge in [-0.1, -0.05) is 44.2 Å². The number of carbonyl (C=O) groups excluding carboxylic acids is 1. The number of hydrogen-bond donors (Lipinski definition) is 2. The molecule has 1 aliphatic rings. The van der Waals surface area contributed by atoms with E-state index in [9.17, 15) is 4.79 Å². The number of hydrogen-bond acceptors (Lipinski definition) is 3. The molecule has 0 aliphatic heterocycles. The van der Waals surface area contributed by atoms with Crippen LogP contribution < -0.4 is 10.6 Å². The molecular weight excluding hydrogens is 312 g/mol. The Morgan fingerprint density at radius 3 is 2.80 bits per heavy atom. The molecule has 134 valence electrons. The third kappa shape index (κ3) is 4.28. The molecule has 1 aliphatic carbocycles. The second kappa shape index (κ2) is 7.83. The maximum Gasteiger partial charge on any atom is 0.272 e. The normalized spacial score (nSPS) is 16.7. The second-order valence-corrected chi connectivity index (χ2v) is 7.15. The van der Waals surface area contributed by atoms with Crippen LogP contribution in [0.25, 0.3) is 0 Å². The van der Waals surface area contributed by atoms with E-state index < -0.39 is 0 Å². The average Bonchev–Trinajstić information content (AvgIpc) is 2.92. The van der Waals surface area contributed by atoms with Crippen LogP contribution in [0, 0.1) is 0 Å². The van der Waals surface area contributed by atoms with Gasteiger partial charge in [-0.05, 0) is 31.2 Å². The first-order valence-electron chi connectivity index (χ1n) is 9.17. The quantitative estimate of drug-likeness (QED) is 0.848. The number of amides is 1. The fraction of sp³-hybridized carbons (Fsp3) is 0.500. The molecule has 5 heteroatoms. The van der Waals surface area contributed by atoms with Crippen LogP contribution in [0.2, 0.25) is 0 Å². The molecule has 0 fully saturated rings. The van der Waals surface area contributed by atoms with E-state index in [-0.39, 0.29) is 5.91 Å². The summed E-state index contributed by atoms with van der Waals surface area (Å²) < 4.78 is 1.88. The number of aromatic nitrogens is 2. The summed E-state index contributed by atoms with van der Waals surface area (Å²) in [4.78, 5) is 12.6. The minimum Gasteiger partial charge on any atom is -0.350 e. The second-order valence-electron chi connectivity index (χ2n) is 7.15. The average molecular weight is 340 g/mol. The number of aryl methyl sites for hydroxylation is 1. The molecule has 0 saturated carbocycles. The SMILES string of the molecule is CC(C)N[C@@H]1CCc2c(c(C(=O)NCCc3ccccc3)nn2C)C1. The zero-order valence-electron chi connectivity index (χ0n) is 15.4. The fourth-order valence-electron chi connectivity index (χ4n) is 3.63. The lowest BCUT2D eigenvalue weighted by Crippen LogP contribution is -2.39. The van der Waals surface area contributed by atoms with Crippen LogP contribution in [-0.2, 0) is 26.3 Å². The molecule has 5 nitrogen and oxygen atoms in total. The van der Waals surface area contributed by atoms with E-state index in [4.69, 9.17) is 0 Å². The predicted octanol–water partition coefficient (Wildman–Crippen LogP) is 2.25. The lowest BCUT2D eigenvalue weighted by molar-refractivity contribution is 0.0947. The molecule has 0 saturated heterocycles. The van der Waals surface area contributed by atoms with Gasteiger partial charge in [0.1, 0.15) is 0 Å². The maximum absolute atomic E-state index is 12.6. The van der Waals surface area contributed by atoms with Crippen LogP contribution in [0.4, 0.5) is 0 Å². The summed E-state index contributed by atoms with van der Waals surface area (Å²) in [7, 11) is 1.94. The third-order valence-corrected chi connectivity index (χ3v) is 4.78. The lowest BCUT2D eigenvalue weighted by Gasteiger charge is -2.26. The maximum atomic E-state index is 12.6. The summed E-state index contributed by atoms with van der Waals surface area (Å²) in [5, 5.41) is 11.1. The van der Waals surface area contributed by atoms with E-state index in [1.807, 2.05) is 29.9 Å². The summed E-state index contributed by atoms with van der Waals surface area (Å²) in [5.41, 5.74) is 4.15.